The Labute approximate surface area is 181 Å². The number of nitrogens with one attached hydrogen (secondary N) is 2. The van der Waals surface area contributed by atoms with E-state index in [1.807, 2.05) is 23.7 Å². The van der Waals surface area contributed by atoms with Gasteiger partial charge in [-0.1, -0.05) is 12.1 Å². The molecule has 2 heterocycles. The Morgan fingerprint density at radius 1 is 1.25 bits per heavy atom. The van der Waals surface area contributed by atoms with Gasteiger partial charge in [0, 0.05) is 33.7 Å². The van der Waals surface area contributed by atoms with Gasteiger partial charge < -0.3 is 19.9 Å². The number of aryl methyl sites for hydroxylation is 1. The number of nitrogens with zero attached hydrogens (tertiary/aromatic N) is 5. The molecule has 8 nitrogen and oxygen atoms in total. The van der Waals surface area contributed by atoms with Gasteiger partial charge >= 0.3 is 0 Å². The van der Waals surface area contributed by atoms with E-state index in [0.717, 1.165) is 24.5 Å². The van der Waals surface area contributed by atoms with Crippen LogP contribution in [0.4, 0.5) is 4.39 Å². The molecule has 1 unspecified atom stereocenters. The van der Waals surface area contributed by atoms with E-state index in [2.05, 4.69) is 30.7 Å². The predicted octanol–water partition coefficient (Wildman–Crippen LogP) is 1.31. The molecule has 0 bridgehead atoms. The molecule has 2 N–H and O–H groups in total. The molecular formula is C18H27FIN7O. The van der Waals surface area contributed by atoms with Crippen molar-refractivity contribution in [3.05, 3.63) is 47.8 Å². The van der Waals surface area contributed by atoms with Crippen LogP contribution in [0.15, 0.2) is 35.6 Å². The van der Waals surface area contributed by atoms with Crippen molar-refractivity contribution < 1.29 is 9.13 Å². The summed E-state index contributed by atoms with van der Waals surface area (Å²) in [6.07, 6.45) is 1.66. The van der Waals surface area contributed by atoms with Gasteiger partial charge in [0.15, 0.2) is 11.8 Å². The number of guanidine groups is 1. The topological polar surface area (TPSA) is 79.6 Å². The molecule has 0 spiro atoms. The van der Waals surface area contributed by atoms with E-state index in [0.29, 0.717) is 32.3 Å². The highest BCUT2D eigenvalue weighted by Crippen LogP contribution is 2.21. The highest BCUT2D eigenvalue weighted by Gasteiger charge is 2.23. The molecule has 0 aliphatic carbocycles. The number of aliphatic imine (C=N–C) groups is 1. The zero-order chi connectivity index (χ0) is 19.1. The predicted molar refractivity (Wildman–Crippen MR) is 116 cm³/mol. The van der Waals surface area contributed by atoms with Crippen LogP contribution in [0, 0.1) is 5.82 Å². The van der Waals surface area contributed by atoms with Gasteiger partial charge in [0.2, 0.25) is 0 Å². The van der Waals surface area contributed by atoms with Crippen molar-refractivity contribution in [2.24, 2.45) is 12.0 Å². The Morgan fingerprint density at radius 3 is 2.57 bits per heavy atom. The van der Waals surface area contributed by atoms with Crippen molar-refractivity contribution in [2.45, 2.75) is 12.6 Å². The minimum atomic E-state index is -0.228. The highest BCUT2D eigenvalue weighted by atomic mass is 127. The molecule has 2 aromatic rings. The molecule has 3 rings (SSSR count). The summed E-state index contributed by atoms with van der Waals surface area (Å²) in [4.78, 5) is 6.62. The fourth-order valence-corrected chi connectivity index (χ4v) is 3.08. The zero-order valence-electron chi connectivity index (χ0n) is 16.1. The lowest BCUT2D eigenvalue weighted by atomic mass is 10.0. The lowest BCUT2D eigenvalue weighted by Crippen LogP contribution is -2.46. The average molecular weight is 503 g/mol. The van der Waals surface area contributed by atoms with Crippen LogP contribution in [-0.2, 0) is 18.3 Å². The lowest BCUT2D eigenvalue weighted by molar-refractivity contribution is 0.0170. The summed E-state index contributed by atoms with van der Waals surface area (Å²) in [5.41, 5.74) is 1.06. The van der Waals surface area contributed by atoms with Crippen LogP contribution in [0.2, 0.25) is 0 Å². The van der Waals surface area contributed by atoms with Crippen molar-refractivity contribution in [2.75, 3.05) is 39.9 Å². The molecule has 1 aliphatic heterocycles. The summed E-state index contributed by atoms with van der Waals surface area (Å²) in [6, 6.07) is 6.79. The Balaban J connectivity index is 0.00000280. The van der Waals surface area contributed by atoms with Crippen molar-refractivity contribution in [3.8, 4) is 0 Å². The van der Waals surface area contributed by atoms with E-state index in [1.165, 1.54) is 12.1 Å². The molecule has 28 heavy (non-hydrogen) atoms. The van der Waals surface area contributed by atoms with Crippen LogP contribution < -0.4 is 10.6 Å². The van der Waals surface area contributed by atoms with Crippen LogP contribution in [0.3, 0.4) is 0 Å². The Hall–Kier alpha value is -1.79. The van der Waals surface area contributed by atoms with Crippen LogP contribution in [0.5, 0.6) is 0 Å². The number of benzene rings is 1. The van der Waals surface area contributed by atoms with Crippen molar-refractivity contribution in [1.29, 1.82) is 0 Å². The molecule has 0 amide bonds. The summed E-state index contributed by atoms with van der Waals surface area (Å²) in [5, 5.41) is 14.5. The van der Waals surface area contributed by atoms with Gasteiger partial charge in [-0.25, -0.2) is 4.39 Å². The second-order valence-electron chi connectivity index (χ2n) is 6.38. The van der Waals surface area contributed by atoms with E-state index >= 15 is 0 Å². The van der Waals surface area contributed by atoms with Crippen LogP contribution in [0.25, 0.3) is 0 Å². The molecule has 1 aromatic heterocycles. The fraction of sp³-hybridized carbons (Fsp3) is 0.500. The van der Waals surface area contributed by atoms with Crippen LogP contribution >= 0.6 is 24.0 Å². The SMILES string of the molecule is CN=C(NCc1nncn1C)NCC(c1ccc(F)cc1)N1CCOCC1.I. The number of ether oxygens (including phenoxy) is 1. The summed E-state index contributed by atoms with van der Waals surface area (Å²) < 4.78 is 20.7. The summed E-state index contributed by atoms with van der Waals surface area (Å²) in [7, 11) is 3.63. The van der Waals surface area contributed by atoms with Crippen molar-refractivity contribution >= 4 is 29.9 Å². The van der Waals surface area contributed by atoms with Gasteiger partial charge in [-0.3, -0.25) is 9.89 Å². The van der Waals surface area contributed by atoms with E-state index < -0.39 is 0 Å². The molecular weight excluding hydrogens is 476 g/mol. The molecule has 10 heteroatoms. The molecule has 1 atom stereocenters. The third kappa shape index (κ3) is 6.11. The number of hydrogen-bond donors (Lipinski definition) is 2. The number of morpholine rings is 1. The van der Waals surface area contributed by atoms with E-state index in [4.69, 9.17) is 4.74 Å². The van der Waals surface area contributed by atoms with Gasteiger partial charge in [-0.05, 0) is 17.7 Å². The molecule has 1 aliphatic rings. The second kappa shape index (κ2) is 11.3. The first-order valence-corrected chi connectivity index (χ1v) is 9.02. The van der Waals surface area contributed by atoms with E-state index in [-0.39, 0.29) is 35.8 Å². The van der Waals surface area contributed by atoms with Gasteiger partial charge in [-0.2, -0.15) is 0 Å². The molecule has 1 saturated heterocycles. The molecule has 1 fully saturated rings. The largest absolute Gasteiger partial charge is 0.379 e. The van der Waals surface area contributed by atoms with Crippen molar-refractivity contribution in [3.63, 3.8) is 0 Å². The first-order chi connectivity index (χ1) is 13.2. The quantitative estimate of drug-likeness (QED) is 0.352. The molecule has 0 radical (unpaired) electrons. The van der Waals surface area contributed by atoms with Gasteiger partial charge in [-0.15, -0.1) is 34.2 Å². The third-order valence-electron chi connectivity index (χ3n) is 4.65. The highest BCUT2D eigenvalue weighted by molar-refractivity contribution is 14.0. The fourth-order valence-electron chi connectivity index (χ4n) is 3.08. The van der Waals surface area contributed by atoms with Crippen LogP contribution in [-0.4, -0.2) is 65.5 Å². The van der Waals surface area contributed by atoms with Gasteiger partial charge in [0.1, 0.15) is 12.1 Å². The average Bonchev–Trinajstić information content (AvgIpc) is 3.11. The minimum Gasteiger partial charge on any atom is -0.379 e. The number of halogens is 2. The maximum Gasteiger partial charge on any atom is 0.191 e. The number of rotatable bonds is 6. The molecule has 0 saturated carbocycles. The first-order valence-electron chi connectivity index (χ1n) is 9.02. The minimum absolute atomic E-state index is 0. The maximum absolute atomic E-state index is 13.3. The second-order valence-corrected chi connectivity index (χ2v) is 6.38. The molecule has 1 aromatic carbocycles. The number of hydrogen-bond acceptors (Lipinski definition) is 5. The summed E-state index contributed by atoms with van der Waals surface area (Å²) >= 11 is 0. The van der Waals surface area contributed by atoms with E-state index in [9.17, 15) is 4.39 Å². The standard InChI is InChI=1S/C18H26FN7O.HI/c1-20-18(22-12-17-24-23-13-25(17)2)21-11-16(26-7-9-27-10-8-26)14-3-5-15(19)6-4-14;/h3-6,13,16H,7-12H2,1-2H3,(H2,20,21,22);1H. The Kier molecular flexibility index (Phi) is 9.06. The molecule has 154 valence electrons. The summed E-state index contributed by atoms with van der Waals surface area (Å²) in [5.74, 6) is 1.27. The van der Waals surface area contributed by atoms with E-state index in [1.54, 1.807) is 13.4 Å². The number of aromatic nitrogens is 3. The first kappa shape index (κ1) is 22.5. The zero-order valence-corrected chi connectivity index (χ0v) is 18.5. The van der Waals surface area contributed by atoms with Gasteiger partial charge in [0.05, 0.1) is 25.8 Å². The lowest BCUT2D eigenvalue weighted by Gasteiger charge is -2.35. The van der Waals surface area contributed by atoms with Gasteiger partial charge in [0.25, 0.3) is 0 Å². The summed E-state index contributed by atoms with van der Waals surface area (Å²) in [6.45, 7) is 4.26. The van der Waals surface area contributed by atoms with Crippen LogP contribution in [0.1, 0.15) is 17.4 Å². The smallest absolute Gasteiger partial charge is 0.191 e. The van der Waals surface area contributed by atoms with Crippen molar-refractivity contribution in [1.82, 2.24) is 30.3 Å². The maximum atomic E-state index is 13.3. The normalized spacial score (nSPS) is 16.3. The Morgan fingerprint density at radius 2 is 1.96 bits per heavy atom. The monoisotopic (exact) mass is 503 g/mol. The third-order valence-corrected chi connectivity index (χ3v) is 4.65. The Bertz CT molecular complexity index is 747.